The van der Waals surface area contributed by atoms with Crippen LogP contribution in [0.4, 0.5) is 5.95 Å². The van der Waals surface area contributed by atoms with Gasteiger partial charge in [-0.3, -0.25) is 10.1 Å². The highest BCUT2D eigenvalue weighted by Crippen LogP contribution is 1.94. The summed E-state index contributed by atoms with van der Waals surface area (Å²) in [6, 6.07) is 1.12. The van der Waals surface area contributed by atoms with Crippen molar-refractivity contribution in [2.75, 3.05) is 5.32 Å². The Hall–Kier alpha value is -1.49. The van der Waals surface area contributed by atoms with Gasteiger partial charge in [-0.05, 0) is 13.0 Å². The van der Waals surface area contributed by atoms with Crippen molar-refractivity contribution in [2.45, 2.75) is 13.0 Å². The highest BCUT2D eigenvalue weighted by Gasteiger charge is 2.07. The van der Waals surface area contributed by atoms with Gasteiger partial charge in [0.05, 0.1) is 6.04 Å². The molecule has 1 aromatic heterocycles. The monoisotopic (exact) mass is 166 g/mol. The van der Waals surface area contributed by atoms with Crippen LogP contribution in [0.5, 0.6) is 0 Å². The van der Waals surface area contributed by atoms with Gasteiger partial charge >= 0.3 is 0 Å². The number of hydrogen-bond acceptors (Lipinski definition) is 4. The number of rotatable bonds is 2. The summed E-state index contributed by atoms with van der Waals surface area (Å²) in [5.74, 6) is -0.0130. The van der Waals surface area contributed by atoms with Gasteiger partial charge in [0.2, 0.25) is 11.9 Å². The molecule has 5 nitrogen and oxygen atoms in total. The van der Waals surface area contributed by atoms with Gasteiger partial charge in [-0.2, -0.15) is 0 Å². The van der Waals surface area contributed by atoms with E-state index in [4.69, 9.17) is 5.73 Å². The normalized spacial score (nSPS) is 12.2. The maximum absolute atomic E-state index is 11.0. The molecule has 5 heteroatoms. The van der Waals surface area contributed by atoms with E-state index in [0.717, 1.165) is 0 Å². The molecule has 0 fully saturated rings. The lowest BCUT2D eigenvalue weighted by molar-refractivity contribution is -0.117. The van der Waals surface area contributed by atoms with E-state index in [-0.39, 0.29) is 11.9 Å². The average Bonchev–Trinajstić information content (AvgIpc) is 2.06. The zero-order valence-corrected chi connectivity index (χ0v) is 6.69. The Bertz CT molecular complexity index is 259. The lowest BCUT2D eigenvalue weighted by Gasteiger charge is -2.04. The fourth-order valence-electron chi connectivity index (χ4n) is 0.588. The molecule has 12 heavy (non-hydrogen) atoms. The number of anilines is 1. The summed E-state index contributed by atoms with van der Waals surface area (Å²) in [5.41, 5.74) is 5.32. The molecule has 1 atom stereocenters. The predicted molar refractivity (Wildman–Crippen MR) is 44.3 cm³/mol. The second-order valence-corrected chi connectivity index (χ2v) is 2.35. The molecule has 3 N–H and O–H groups in total. The van der Waals surface area contributed by atoms with Crippen LogP contribution in [0.2, 0.25) is 0 Å². The van der Waals surface area contributed by atoms with Crippen molar-refractivity contribution in [1.29, 1.82) is 0 Å². The molecule has 0 aromatic carbocycles. The zero-order valence-electron chi connectivity index (χ0n) is 6.69. The Morgan fingerprint density at radius 3 is 2.67 bits per heavy atom. The second kappa shape index (κ2) is 3.77. The van der Waals surface area contributed by atoms with E-state index < -0.39 is 6.04 Å². The minimum absolute atomic E-state index is 0.278. The summed E-state index contributed by atoms with van der Waals surface area (Å²) in [5, 5.41) is 2.46. The summed E-state index contributed by atoms with van der Waals surface area (Å²) < 4.78 is 0. The van der Waals surface area contributed by atoms with Crippen LogP contribution in [0.15, 0.2) is 18.5 Å². The fraction of sp³-hybridized carbons (Fsp3) is 0.286. The predicted octanol–water partition coefficient (Wildman–Crippen LogP) is -0.238. The van der Waals surface area contributed by atoms with Gasteiger partial charge in [0.1, 0.15) is 0 Å². The van der Waals surface area contributed by atoms with Crippen LogP contribution in [0.1, 0.15) is 6.92 Å². The Morgan fingerprint density at radius 1 is 1.58 bits per heavy atom. The molecule has 0 spiro atoms. The molecular formula is C7H10N4O. The maximum Gasteiger partial charge on any atom is 0.243 e. The SMILES string of the molecule is CC(N)C(=O)Nc1ncccn1. The first kappa shape index (κ1) is 8.61. The van der Waals surface area contributed by atoms with E-state index >= 15 is 0 Å². The first-order valence-electron chi connectivity index (χ1n) is 3.53. The summed E-state index contributed by atoms with van der Waals surface area (Å²) in [4.78, 5) is 18.6. The first-order valence-corrected chi connectivity index (χ1v) is 3.53. The molecule has 1 unspecified atom stereocenters. The van der Waals surface area contributed by atoms with Crippen LogP contribution in [-0.2, 0) is 4.79 Å². The second-order valence-electron chi connectivity index (χ2n) is 2.35. The number of aromatic nitrogens is 2. The van der Waals surface area contributed by atoms with Crippen LogP contribution in [0.25, 0.3) is 0 Å². The van der Waals surface area contributed by atoms with E-state index in [0.29, 0.717) is 0 Å². The Labute approximate surface area is 70.0 Å². The molecule has 64 valence electrons. The number of nitrogens with zero attached hydrogens (tertiary/aromatic N) is 2. The lowest BCUT2D eigenvalue weighted by atomic mass is 10.3. The van der Waals surface area contributed by atoms with E-state index in [2.05, 4.69) is 15.3 Å². The summed E-state index contributed by atoms with van der Waals surface area (Å²) in [6.07, 6.45) is 3.09. The van der Waals surface area contributed by atoms with E-state index in [9.17, 15) is 4.79 Å². The summed E-state index contributed by atoms with van der Waals surface area (Å²) in [6.45, 7) is 1.60. The van der Waals surface area contributed by atoms with Gasteiger partial charge in [0.15, 0.2) is 0 Å². The molecule has 0 saturated heterocycles. The van der Waals surface area contributed by atoms with Gasteiger partial charge in [-0.25, -0.2) is 9.97 Å². The van der Waals surface area contributed by atoms with Crippen LogP contribution in [0, 0.1) is 0 Å². The third-order valence-electron chi connectivity index (χ3n) is 1.21. The van der Waals surface area contributed by atoms with Crippen LogP contribution < -0.4 is 11.1 Å². The third-order valence-corrected chi connectivity index (χ3v) is 1.21. The number of carbonyl (C=O) groups excluding carboxylic acids is 1. The molecule has 0 radical (unpaired) electrons. The molecule has 0 bridgehead atoms. The molecule has 1 aromatic rings. The molecule has 0 aliphatic carbocycles. The van der Waals surface area contributed by atoms with Gasteiger partial charge in [-0.15, -0.1) is 0 Å². The van der Waals surface area contributed by atoms with E-state index in [1.807, 2.05) is 0 Å². The highest BCUT2D eigenvalue weighted by atomic mass is 16.2. The fourth-order valence-corrected chi connectivity index (χ4v) is 0.588. The molecule has 0 aliphatic rings. The van der Waals surface area contributed by atoms with Crippen molar-refractivity contribution in [1.82, 2.24) is 9.97 Å². The van der Waals surface area contributed by atoms with Gasteiger partial charge in [-0.1, -0.05) is 0 Å². The summed E-state index contributed by atoms with van der Waals surface area (Å²) >= 11 is 0. The third kappa shape index (κ3) is 2.28. The minimum Gasteiger partial charge on any atom is -0.320 e. The van der Waals surface area contributed by atoms with Gasteiger partial charge in [0.25, 0.3) is 0 Å². The first-order chi connectivity index (χ1) is 5.70. The topological polar surface area (TPSA) is 80.9 Å². The van der Waals surface area contributed by atoms with E-state index in [1.165, 1.54) is 0 Å². The number of carbonyl (C=O) groups is 1. The van der Waals surface area contributed by atoms with Crippen molar-refractivity contribution < 1.29 is 4.79 Å². The van der Waals surface area contributed by atoms with Crippen molar-refractivity contribution >= 4 is 11.9 Å². The largest absolute Gasteiger partial charge is 0.320 e. The average molecular weight is 166 g/mol. The molecule has 1 amide bonds. The number of hydrogen-bond donors (Lipinski definition) is 2. The number of nitrogens with two attached hydrogens (primary N) is 1. The van der Waals surface area contributed by atoms with Crippen LogP contribution in [-0.4, -0.2) is 21.9 Å². The van der Waals surface area contributed by atoms with Crippen LogP contribution >= 0.6 is 0 Å². The summed E-state index contributed by atoms with van der Waals surface area (Å²) in [7, 11) is 0. The lowest BCUT2D eigenvalue weighted by Crippen LogP contribution is -2.33. The Morgan fingerprint density at radius 2 is 2.17 bits per heavy atom. The molecule has 1 heterocycles. The molecule has 0 aliphatic heterocycles. The zero-order chi connectivity index (χ0) is 8.97. The van der Waals surface area contributed by atoms with Crippen molar-refractivity contribution in [3.8, 4) is 0 Å². The van der Waals surface area contributed by atoms with Crippen LogP contribution in [0.3, 0.4) is 0 Å². The Kier molecular flexibility index (Phi) is 2.71. The van der Waals surface area contributed by atoms with E-state index in [1.54, 1.807) is 25.4 Å². The smallest absolute Gasteiger partial charge is 0.243 e. The maximum atomic E-state index is 11.0. The van der Waals surface area contributed by atoms with Crippen molar-refractivity contribution in [3.05, 3.63) is 18.5 Å². The molecular weight excluding hydrogens is 156 g/mol. The number of amides is 1. The van der Waals surface area contributed by atoms with Crippen molar-refractivity contribution in [3.63, 3.8) is 0 Å². The number of nitrogens with one attached hydrogen (secondary N) is 1. The van der Waals surface area contributed by atoms with Gasteiger partial charge in [0, 0.05) is 12.4 Å². The van der Waals surface area contributed by atoms with Gasteiger partial charge < -0.3 is 5.73 Å². The van der Waals surface area contributed by atoms with Crippen molar-refractivity contribution in [2.24, 2.45) is 5.73 Å². The molecule has 1 rings (SSSR count). The Balaban J connectivity index is 2.59. The quantitative estimate of drug-likeness (QED) is 0.635. The molecule has 0 saturated carbocycles. The minimum atomic E-state index is -0.547. The standard InChI is InChI=1S/C7H10N4O/c1-5(8)6(12)11-7-9-3-2-4-10-7/h2-5H,8H2,1H3,(H,9,10,11,12). The highest BCUT2D eigenvalue weighted by molar-refractivity contribution is 5.92.